The summed E-state index contributed by atoms with van der Waals surface area (Å²) in [6.07, 6.45) is 2.58. The van der Waals surface area contributed by atoms with E-state index in [0.29, 0.717) is 12.3 Å². The molecule has 0 bridgehead atoms. The quantitative estimate of drug-likeness (QED) is 0.502. The van der Waals surface area contributed by atoms with Crippen LogP contribution in [0.1, 0.15) is 12.6 Å². The lowest BCUT2D eigenvalue weighted by molar-refractivity contribution is -0.136. The maximum absolute atomic E-state index is 11.0. The Balaban J connectivity index is 2.66. The summed E-state index contributed by atoms with van der Waals surface area (Å²) in [7, 11) is 0. The van der Waals surface area contributed by atoms with Gasteiger partial charge < -0.3 is 9.15 Å². The van der Waals surface area contributed by atoms with Gasteiger partial charge >= 0.3 is 5.97 Å². The van der Waals surface area contributed by atoms with Crippen LogP contribution in [0, 0.1) is 0 Å². The average molecular weight is 167 g/mol. The van der Waals surface area contributed by atoms with E-state index in [-0.39, 0.29) is 5.57 Å². The van der Waals surface area contributed by atoms with Crippen molar-refractivity contribution in [3.63, 3.8) is 0 Å². The molecule has 64 valence electrons. The first-order valence-corrected chi connectivity index (χ1v) is 3.50. The maximum Gasteiger partial charge on any atom is 0.339 e. The molecule has 0 atom stereocenters. The Kier molecular flexibility index (Phi) is 2.63. The summed E-state index contributed by atoms with van der Waals surface area (Å²) in [5, 5.41) is 0. The number of carbonyl (C=O) groups is 1. The van der Waals surface area contributed by atoms with Gasteiger partial charge in [0.15, 0.2) is 6.39 Å². The van der Waals surface area contributed by atoms with Gasteiger partial charge in [-0.3, -0.25) is 0 Å². The Bertz CT molecular complexity index is 277. The van der Waals surface area contributed by atoms with Gasteiger partial charge in [-0.15, -0.1) is 0 Å². The molecule has 0 saturated heterocycles. The summed E-state index contributed by atoms with van der Waals surface area (Å²) in [6, 6.07) is 0. The molecule has 1 heterocycles. The number of rotatable bonds is 3. The van der Waals surface area contributed by atoms with Gasteiger partial charge in [0.05, 0.1) is 12.2 Å². The van der Waals surface area contributed by atoms with E-state index in [2.05, 4.69) is 16.0 Å². The minimum absolute atomic E-state index is 0.214. The average Bonchev–Trinajstić information content (AvgIpc) is 2.55. The molecule has 0 aliphatic heterocycles. The standard InChI is InChI=1S/C8H9NO3/c1-3-12-8(10)6(2)7-4-11-5-9-7/h4-5H,2-3H2,1H3. The fourth-order valence-electron chi connectivity index (χ4n) is 0.684. The number of oxazole rings is 1. The number of ether oxygens (including phenoxy) is 1. The number of esters is 1. The molecule has 0 unspecified atom stereocenters. The van der Waals surface area contributed by atoms with Crippen LogP contribution in [-0.2, 0) is 9.53 Å². The molecule has 0 radical (unpaired) electrons. The molecule has 1 aromatic heterocycles. The molecule has 0 aromatic carbocycles. The van der Waals surface area contributed by atoms with E-state index in [1.807, 2.05) is 0 Å². The monoisotopic (exact) mass is 167 g/mol. The van der Waals surface area contributed by atoms with E-state index >= 15 is 0 Å². The van der Waals surface area contributed by atoms with Crippen LogP contribution in [0.25, 0.3) is 5.57 Å². The number of nitrogens with zero attached hydrogens (tertiary/aromatic N) is 1. The van der Waals surface area contributed by atoms with Crippen molar-refractivity contribution >= 4 is 11.5 Å². The Morgan fingerprint density at radius 3 is 3.08 bits per heavy atom. The van der Waals surface area contributed by atoms with Crippen molar-refractivity contribution in [2.45, 2.75) is 6.92 Å². The summed E-state index contributed by atoms with van der Waals surface area (Å²) >= 11 is 0. The highest BCUT2D eigenvalue weighted by atomic mass is 16.5. The third kappa shape index (κ3) is 1.72. The molecule has 4 heteroatoms. The molecule has 1 rings (SSSR count). The zero-order chi connectivity index (χ0) is 8.97. The molecule has 0 N–H and O–H groups in total. The van der Waals surface area contributed by atoms with E-state index in [0.717, 1.165) is 0 Å². The predicted molar refractivity (Wildman–Crippen MR) is 42.2 cm³/mol. The van der Waals surface area contributed by atoms with E-state index in [4.69, 9.17) is 4.74 Å². The second kappa shape index (κ2) is 3.71. The molecule has 0 saturated carbocycles. The van der Waals surface area contributed by atoms with Gasteiger partial charge in [0, 0.05) is 0 Å². The lowest BCUT2D eigenvalue weighted by atomic mass is 10.2. The lowest BCUT2D eigenvalue weighted by Crippen LogP contribution is -2.05. The zero-order valence-electron chi connectivity index (χ0n) is 6.74. The van der Waals surface area contributed by atoms with Gasteiger partial charge in [0.25, 0.3) is 0 Å². The van der Waals surface area contributed by atoms with Gasteiger partial charge in [-0.1, -0.05) is 6.58 Å². The third-order valence-corrected chi connectivity index (χ3v) is 1.26. The van der Waals surface area contributed by atoms with E-state index in [1.54, 1.807) is 6.92 Å². The molecular formula is C8H9NO3. The molecule has 0 aliphatic rings. The van der Waals surface area contributed by atoms with Crippen molar-refractivity contribution in [2.75, 3.05) is 6.61 Å². The number of hydrogen-bond donors (Lipinski definition) is 0. The van der Waals surface area contributed by atoms with Crippen LogP contribution in [0.2, 0.25) is 0 Å². The SMILES string of the molecule is C=C(C(=O)OCC)c1cocn1. The van der Waals surface area contributed by atoms with Gasteiger partial charge in [-0.25, -0.2) is 9.78 Å². The second-order valence-electron chi connectivity index (χ2n) is 2.07. The highest BCUT2D eigenvalue weighted by Gasteiger charge is 2.11. The van der Waals surface area contributed by atoms with Gasteiger partial charge in [-0.2, -0.15) is 0 Å². The molecule has 0 fully saturated rings. The third-order valence-electron chi connectivity index (χ3n) is 1.26. The van der Waals surface area contributed by atoms with Crippen LogP contribution in [0.15, 0.2) is 23.7 Å². The van der Waals surface area contributed by atoms with E-state index < -0.39 is 5.97 Å². The zero-order valence-corrected chi connectivity index (χ0v) is 6.74. The Morgan fingerprint density at radius 2 is 2.58 bits per heavy atom. The van der Waals surface area contributed by atoms with Crippen LogP contribution in [0.5, 0.6) is 0 Å². The fourth-order valence-corrected chi connectivity index (χ4v) is 0.684. The van der Waals surface area contributed by atoms with Crippen LogP contribution in [0.4, 0.5) is 0 Å². The Hall–Kier alpha value is -1.58. The van der Waals surface area contributed by atoms with Crippen LogP contribution >= 0.6 is 0 Å². The first kappa shape index (κ1) is 8.52. The predicted octanol–water partition coefficient (Wildman–Crippen LogP) is 1.25. The summed E-state index contributed by atoms with van der Waals surface area (Å²) in [4.78, 5) is 14.8. The van der Waals surface area contributed by atoms with Gasteiger partial charge in [0.1, 0.15) is 12.0 Å². The normalized spacial score (nSPS) is 9.42. The Morgan fingerprint density at radius 1 is 1.83 bits per heavy atom. The first-order valence-electron chi connectivity index (χ1n) is 3.50. The van der Waals surface area contributed by atoms with Gasteiger partial charge in [0.2, 0.25) is 0 Å². The number of aromatic nitrogens is 1. The largest absolute Gasteiger partial charge is 0.462 e. The summed E-state index contributed by atoms with van der Waals surface area (Å²) < 4.78 is 9.39. The molecule has 0 spiro atoms. The molecule has 1 aromatic rings. The minimum atomic E-state index is -0.466. The molecular weight excluding hydrogens is 158 g/mol. The van der Waals surface area contributed by atoms with Gasteiger partial charge in [-0.05, 0) is 6.92 Å². The molecule has 0 amide bonds. The van der Waals surface area contributed by atoms with Crippen molar-refractivity contribution < 1.29 is 13.9 Å². The smallest absolute Gasteiger partial charge is 0.339 e. The highest BCUT2D eigenvalue weighted by Crippen LogP contribution is 2.10. The van der Waals surface area contributed by atoms with Crippen molar-refractivity contribution in [2.24, 2.45) is 0 Å². The molecule has 4 nitrogen and oxygen atoms in total. The Labute approximate surface area is 69.9 Å². The second-order valence-corrected chi connectivity index (χ2v) is 2.07. The van der Waals surface area contributed by atoms with Crippen molar-refractivity contribution in [3.05, 3.63) is 24.9 Å². The topological polar surface area (TPSA) is 52.3 Å². The van der Waals surface area contributed by atoms with Crippen molar-refractivity contribution in [1.82, 2.24) is 4.98 Å². The maximum atomic E-state index is 11.0. The summed E-state index contributed by atoms with van der Waals surface area (Å²) in [5.74, 6) is -0.466. The van der Waals surface area contributed by atoms with Crippen molar-refractivity contribution in [3.8, 4) is 0 Å². The molecule has 12 heavy (non-hydrogen) atoms. The van der Waals surface area contributed by atoms with Crippen LogP contribution in [-0.4, -0.2) is 17.6 Å². The lowest BCUT2D eigenvalue weighted by Gasteiger charge is -2.00. The van der Waals surface area contributed by atoms with Crippen LogP contribution < -0.4 is 0 Å². The first-order chi connectivity index (χ1) is 5.75. The summed E-state index contributed by atoms with van der Waals surface area (Å²) in [6.45, 7) is 5.58. The fraction of sp³-hybridized carbons (Fsp3) is 0.250. The summed E-state index contributed by atoms with van der Waals surface area (Å²) in [5.41, 5.74) is 0.624. The number of carbonyl (C=O) groups excluding carboxylic acids is 1. The molecule has 0 aliphatic carbocycles. The minimum Gasteiger partial charge on any atom is -0.462 e. The van der Waals surface area contributed by atoms with E-state index in [1.165, 1.54) is 12.7 Å². The number of hydrogen-bond acceptors (Lipinski definition) is 4. The highest BCUT2D eigenvalue weighted by molar-refractivity contribution is 6.14. The van der Waals surface area contributed by atoms with E-state index in [9.17, 15) is 4.79 Å². The van der Waals surface area contributed by atoms with Crippen molar-refractivity contribution in [1.29, 1.82) is 0 Å². The van der Waals surface area contributed by atoms with Crippen LogP contribution in [0.3, 0.4) is 0 Å².